The summed E-state index contributed by atoms with van der Waals surface area (Å²) in [6.45, 7) is 1.70. The number of hydrogen-bond donors (Lipinski definition) is 2. The number of halogens is 4. The molecular weight excluding hydrogens is 531 g/mol. The number of phenolic OH excluding ortho intramolecular Hbond substituents is 1. The Kier molecular flexibility index (Phi) is 8.44. The van der Waals surface area contributed by atoms with Crippen LogP contribution in [0, 0.1) is 21.4 Å². The number of benzene rings is 3. The first-order valence-corrected chi connectivity index (χ1v) is 11.0. The number of alkyl halides is 3. The lowest BCUT2D eigenvalue weighted by molar-refractivity contribution is -0.385. The number of phenols is 1. The van der Waals surface area contributed by atoms with Crippen LogP contribution in [0.15, 0.2) is 60.2 Å². The van der Waals surface area contributed by atoms with Gasteiger partial charge in [-0.1, -0.05) is 11.6 Å². The monoisotopic (exact) mass is 547 g/mol. The summed E-state index contributed by atoms with van der Waals surface area (Å²) in [4.78, 5) is 22.9. The van der Waals surface area contributed by atoms with Gasteiger partial charge in [-0.25, -0.2) is 0 Å². The maximum atomic E-state index is 13.0. The molecule has 3 aromatic rings. The van der Waals surface area contributed by atoms with E-state index in [-0.39, 0.29) is 40.0 Å². The van der Waals surface area contributed by atoms with Gasteiger partial charge in [0.25, 0.3) is 5.91 Å². The van der Waals surface area contributed by atoms with Crippen molar-refractivity contribution in [1.29, 1.82) is 5.26 Å². The minimum Gasteiger partial charge on any atom is -0.508 e. The fourth-order valence-corrected chi connectivity index (χ4v) is 3.38. The van der Waals surface area contributed by atoms with E-state index in [9.17, 15) is 38.4 Å². The third-order valence-electron chi connectivity index (χ3n) is 4.83. The number of hydrogen-bond acceptors (Lipinski definition) is 7. The summed E-state index contributed by atoms with van der Waals surface area (Å²) in [6, 6.07) is 11.7. The third-order valence-corrected chi connectivity index (χ3v) is 5.11. The van der Waals surface area contributed by atoms with Crippen molar-refractivity contribution < 1.29 is 37.5 Å². The second-order valence-electron chi connectivity index (χ2n) is 7.47. The van der Waals surface area contributed by atoms with Crippen LogP contribution in [-0.4, -0.2) is 22.5 Å². The lowest BCUT2D eigenvalue weighted by atomic mass is 10.1. The van der Waals surface area contributed by atoms with Crippen LogP contribution in [0.2, 0.25) is 5.02 Å². The van der Waals surface area contributed by atoms with Crippen LogP contribution in [0.4, 0.5) is 24.5 Å². The Morgan fingerprint density at radius 1 is 1.18 bits per heavy atom. The predicted octanol–water partition coefficient (Wildman–Crippen LogP) is 6.71. The fraction of sp³-hybridized carbons (Fsp3) is 0.120. The number of carbonyl (C=O) groups is 1. The number of nitro benzene ring substituents is 1. The first kappa shape index (κ1) is 27.8. The minimum atomic E-state index is -4.81. The highest BCUT2D eigenvalue weighted by Gasteiger charge is 2.33. The van der Waals surface area contributed by atoms with Crippen molar-refractivity contribution in [3.05, 3.63) is 86.4 Å². The van der Waals surface area contributed by atoms with Gasteiger partial charge >= 0.3 is 11.9 Å². The zero-order valence-electron chi connectivity index (χ0n) is 19.4. The van der Waals surface area contributed by atoms with E-state index in [0.717, 1.165) is 6.07 Å². The second kappa shape index (κ2) is 11.5. The zero-order valence-corrected chi connectivity index (χ0v) is 20.1. The highest BCUT2D eigenvalue weighted by molar-refractivity contribution is 6.32. The second-order valence-corrected chi connectivity index (χ2v) is 7.88. The molecule has 1 amide bonds. The van der Waals surface area contributed by atoms with Crippen LogP contribution in [0.5, 0.6) is 23.0 Å². The molecule has 0 fully saturated rings. The maximum Gasteiger partial charge on any atom is 0.416 e. The highest BCUT2D eigenvalue weighted by atomic mass is 35.5. The van der Waals surface area contributed by atoms with E-state index in [1.165, 1.54) is 42.5 Å². The van der Waals surface area contributed by atoms with Crippen LogP contribution in [-0.2, 0) is 11.0 Å². The lowest BCUT2D eigenvalue weighted by Crippen LogP contribution is -2.13. The molecule has 0 aliphatic heterocycles. The van der Waals surface area contributed by atoms with Crippen molar-refractivity contribution in [2.45, 2.75) is 13.1 Å². The van der Waals surface area contributed by atoms with Gasteiger partial charge in [0.2, 0.25) is 5.75 Å². The number of nitrogens with one attached hydrogen (secondary N) is 1. The number of rotatable bonds is 8. The van der Waals surface area contributed by atoms with Gasteiger partial charge in [-0.3, -0.25) is 14.9 Å². The van der Waals surface area contributed by atoms with Gasteiger partial charge in [0.1, 0.15) is 17.4 Å². The first-order chi connectivity index (χ1) is 17.9. The summed E-state index contributed by atoms with van der Waals surface area (Å²) >= 11 is 6.32. The van der Waals surface area contributed by atoms with Gasteiger partial charge in [-0.05, 0) is 67.1 Å². The molecule has 3 rings (SSSR count). The molecule has 0 aliphatic rings. The van der Waals surface area contributed by atoms with Crippen LogP contribution in [0.25, 0.3) is 6.08 Å². The van der Waals surface area contributed by atoms with Gasteiger partial charge in [-0.15, -0.1) is 0 Å². The quantitative estimate of drug-likeness (QED) is 0.105. The SMILES string of the molecule is CCOc1cc(/C=C(\C#N)C(=O)Nc2ccc(O)cc2)cc(Cl)c1Oc1ccc(C(F)(F)F)cc1[N+](=O)[O-]. The number of nitriles is 1. The Morgan fingerprint density at radius 2 is 1.87 bits per heavy atom. The van der Waals surface area contributed by atoms with Gasteiger partial charge in [0, 0.05) is 11.8 Å². The van der Waals surface area contributed by atoms with Crippen LogP contribution in [0.1, 0.15) is 18.1 Å². The standard InChI is InChI=1S/C25H17ClF3N3O6/c1-2-37-22-11-14(9-15(13-30)24(34)31-17-4-6-18(33)7-5-17)10-19(26)23(22)38-21-8-3-16(25(27,28)29)12-20(21)32(35)36/h3-12,33H,2H2,1H3,(H,31,34)/b15-9+. The average molecular weight is 548 g/mol. The number of ether oxygens (including phenoxy) is 2. The topological polar surface area (TPSA) is 135 Å². The minimum absolute atomic E-state index is 0.0129. The number of nitrogens with zero attached hydrogens (tertiary/aromatic N) is 2. The largest absolute Gasteiger partial charge is 0.508 e. The van der Waals surface area contributed by atoms with Crippen LogP contribution >= 0.6 is 11.6 Å². The number of carbonyl (C=O) groups excluding carboxylic acids is 1. The van der Waals surface area contributed by atoms with E-state index in [1.807, 2.05) is 0 Å². The van der Waals surface area contributed by atoms with E-state index in [4.69, 9.17) is 21.1 Å². The molecular formula is C25H17ClF3N3O6. The van der Waals surface area contributed by atoms with Gasteiger partial charge in [0.15, 0.2) is 11.5 Å². The van der Waals surface area contributed by atoms with E-state index in [0.29, 0.717) is 17.8 Å². The molecule has 13 heteroatoms. The van der Waals surface area contributed by atoms with Gasteiger partial charge in [0.05, 0.1) is 22.1 Å². The lowest BCUT2D eigenvalue weighted by Gasteiger charge is -2.15. The van der Waals surface area contributed by atoms with Crippen LogP contribution < -0.4 is 14.8 Å². The Bertz CT molecular complexity index is 1450. The van der Waals surface area contributed by atoms with Crippen molar-refractivity contribution in [2.24, 2.45) is 0 Å². The molecule has 196 valence electrons. The number of aromatic hydroxyl groups is 1. The maximum absolute atomic E-state index is 13.0. The summed E-state index contributed by atoms with van der Waals surface area (Å²) in [6.07, 6.45) is -3.60. The molecule has 9 nitrogen and oxygen atoms in total. The van der Waals surface area contributed by atoms with Crippen LogP contribution in [0.3, 0.4) is 0 Å². The summed E-state index contributed by atoms with van der Waals surface area (Å²) in [5, 5.41) is 32.6. The molecule has 0 saturated carbocycles. The van der Waals surface area contributed by atoms with Crippen molar-refractivity contribution in [1.82, 2.24) is 0 Å². The van der Waals surface area contributed by atoms with E-state index < -0.39 is 34.0 Å². The molecule has 0 aromatic heterocycles. The predicted molar refractivity (Wildman–Crippen MR) is 131 cm³/mol. The van der Waals surface area contributed by atoms with Crippen molar-refractivity contribution in [3.8, 4) is 29.1 Å². The average Bonchev–Trinajstić information content (AvgIpc) is 2.85. The van der Waals surface area contributed by atoms with E-state index in [2.05, 4.69) is 5.32 Å². The third kappa shape index (κ3) is 6.71. The Morgan fingerprint density at radius 3 is 2.45 bits per heavy atom. The molecule has 0 saturated heterocycles. The number of amides is 1. The molecule has 0 spiro atoms. The van der Waals surface area contributed by atoms with E-state index in [1.54, 1.807) is 13.0 Å². The Balaban J connectivity index is 1.97. The summed E-state index contributed by atoms with van der Waals surface area (Å²) in [5.74, 6) is -1.55. The molecule has 0 aliphatic carbocycles. The molecule has 0 radical (unpaired) electrons. The smallest absolute Gasteiger partial charge is 0.416 e. The van der Waals surface area contributed by atoms with E-state index >= 15 is 0 Å². The number of anilines is 1. The van der Waals surface area contributed by atoms with Gasteiger partial charge < -0.3 is 19.9 Å². The fourth-order valence-electron chi connectivity index (χ4n) is 3.12. The molecule has 3 aromatic carbocycles. The van der Waals surface area contributed by atoms with Gasteiger partial charge in [-0.2, -0.15) is 18.4 Å². The molecule has 0 heterocycles. The Hall–Kier alpha value is -4.76. The summed E-state index contributed by atoms with van der Waals surface area (Å²) in [5.41, 5.74) is -1.94. The van der Waals surface area contributed by atoms with Crippen molar-refractivity contribution in [2.75, 3.05) is 11.9 Å². The first-order valence-electron chi connectivity index (χ1n) is 10.6. The highest BCUT2D eigenvalue weighted by Crippen LogP contribution is 2.44. The van der Waals surface area contributed by atoms with Crippen molar-refractivity contribution in [3.63, 3.8) is 0 Å². The molecule has 0 bridgehead atoms. The normalized spacial score (nSPS) is 11.4. The molecule has 0 atom stereocenters. The molecule has 2 N–H and O–H groups in total. The summed E-state index contributed by atoms with van der Waals surface area (Å²) < 4.78 is 50.1. The summed E-state index contributed by atoms with van der Waals surface area (Å²) in [7, 11) is 0. The zero-order chi connectivity index (χ0) is 28.0. The Labute approximate surface area is 218 Å². The molecule has 38 heavy (non-hydrogen) atoms. The van der Waals surface area contributed by atoms with Crippen molar-refractivity contribution >= 4 is 35.0 Å². The number of nitro groups is 1. The molecule has 0 unspecified atom stereocenters.